The molecule has 1 amide bonds. The van der Waals surface area contributed by atoms with E-state index in [4.69, 9.17) is 0 Å². The molecule has 0 radical (unpaired) electrons. The number of rotatable bonds is 3. The molecule has 94 valence electrons. The molecule has 0 aromatic carbocycles. The second-order valence-corrected chi connectivity index (χ2v) is 4.81. The van der Waals surface area contributed by atoms with Gasteiger partial charge in [-0.3, -0.25) is 4.79 Å². The number of hydrogen-bond acceptors (Lipinski definition) is 4. The summed E-state index contributed by atoms with van der Waals surface area (Å²) in [5.74, 6) is -0.196. The number of carbonyl (C=O) groups is 1. The van der Waals surface area contributed by atoms with Crippen LogP contribution < -0.4 is 0 Å². The van der Waals surface area contributed by atoms with E-state index in [0.29, 0.717) is 12.2 Å². The maximum Gasteiger partial charge on any atom is 0.275 e. The Morgan fingerprint density at radius 2 is 2.24 bits per heavy atom. The smallest absolute Gasteiger partial charge is 0.275 e. The van der Waals surface area contributed by atoms with Crippen molar-refractivity contribution in [2.75, 3.05) is 13.6 Å². The molecule has 1 aliphatic carbocycles. The first-order valence-corrected chi connectivity index (χ1v) is 5.84. The zero-order valence-corrected chi connectivity index (χ0v) is 10.3. The summed E-state index contributed by atoms with van der Waals surface area (Å²) in [5, 5.41) is 18.1. The molecule has 17 heavy (non-hydrogen) atoms. The Hall–Kier alpha value is -1.43. The summed E-state index contributed by atoms with van der Waals surface area (Å²) in [6.07, 6.45) is 5.04. The van der Waals surface area contributed by atoms with Gasteiger partial charge < -0.3 is 10.0 Å². The van der Waals surface area contributed by atoms with E-state index in [9.17, 15) is 9.90 Å². The molecule has 0 aliphatic heterocycles. The van der Waals surface area contributed by atoms with E-state index >= 15 is 0 Å². The lowest BCUT2D eigenvalue weighted by molar-refractivity contribution is 0.0154. The number of aliphatic hydroxyl groups is 1. The average Bonchev–Trinajstić information content (AvgIpc) is 2.86. The van der Waals surface area contributed by atoms with Crippen molar-refractivity contribution in [1.82, 2.24) is 19.9 Å². The highest BCUT2D eigenvalue weighted by Crippen LogP contribution is 2.30. The summed E-state index contributed by atoms with van der Waals surface area (Å²) in [7, 11) is 3.36. The monoisotopic (exact) mass is 238 g/mol. The summed E-state index contributed by atoms with van der Waals surface area (Å²) < 4.78 is 0. The highest BCUT2D eigenvalue weighted by Gasteiger charge is 2.33. The van der Waals surface area contributed by atoms with Crippen molar-refractivity contribution in [3.63, 3.8) is 0 Å². The number of aromatic nitrogens is 3. The van der Waals surface area contributed by atoms with Gasteiger partial charge in [-0.05, 0) is 12.8 Å². The van der Waals surface area contributed by atoms with Gasteiger partial charge in [0.1, 0.15) is 0 Å². The molecule has 0 bridgehead atoms. The Morgan fingerprint density at radius 1 is 1.59 bits per heavy atom. The van der Waals surface area contributed by atoms with Crippen molar-refractivity contribution in [3.8, 4) is 0 Å². The third-order valence-electron chi connectivity index (χ3n) is 3.23. The van der Waals surface area contributed by atoms with Crippen LogP contribution in [-0.4, -0.2) is 50.1 Å². The molecular weight excluding hydrogens is 220 g/mol. The summed E-state index contributed by atoms with van der Waals surface area (Å²) in [6.45, 7) is 0.363. The fourth-order valence-electron chi connectivity index (χ4n) is 2.34. The number of nitrogens with zero attached hydrogens (tertiary/aromatic N) is 4. The van der Waals surface area contributed by atoms with E-state index in [0.717, 1.165) is 25.7 Å². The second-order valence-electron chi connectivity index (χ2n) is 4.81. The zero-order valence-electron chi connectivity index (χ0n) is 10.3. The number of carbonyl (C=O) groups excluding carboxylic acids is 1. The molecule has 1 fully saturated rings. The molecule has 0 spiro atoms. The minimum absolute atomic E-state index is 0.196. The van der Waals surface area contributed by atoms with Gasteiger partial charge in [0.15, 0.2) is 5.69 Å². The summed E-state index contributed by atoms with van der Waals surface area (Å²) in [5.41, 5.74) is -0.399. The Kier molecular flexibility index (Phi) is 3.15. The maximum atomic E-state index is 12.0. The third-order valence-corrected chi connectivity index (χ3v) is 3.23. The third kappa shape index (κ3) is 2.63. The molecular formula is C11H18N4O2. The van der Waals surface area contributed by atoms with Crippen LogP contribution in [0.3, 0.4) is 0 Å². The van der Waals surface area contributed by atoms with Crippen LogP contribution in [0.25, 0.3) is 0 Å². The molecule has 1 aromatic rings. The lowest BCUT2D eigenvalue weighted by Gasteiger charge is -2.28. The molecule has 0 saturated heterocycles. The largest absolute Gasteiger partial charge is 0.388 e. The molecule has 6 nitrogen and oxygen atoms in total. The van der Waals surface area contributed by atoms with Crippen LogP contribution in [0.2, 0.25) is 0 Å². The van der Waals surface area contributed by atoms with Crippen LogP contribution >= 0.6 is 0 Å². The van der Waals surface area contributed by atoms with E-state index in [-0.39, 0.29) is 5.91 Å². The topological polar surface area (TPSA) is 71.2 Å². The molecule has 2 rings (SSSR count). The van der Waals surface area contributed by atoms with Gasteiger partial charge in [0.05, 0.1) is 11.8 Å². The number of hydrogen-bond donors (Lipinski definition) is 1. The molecule has 1 heterocycles. The zero-order chi connectivity index (χ0) is 12.5. The van der Waals surface area contributed by atoms with Gasteiger partial charge in [0.2, 0.25) is 0 Å². The van der Waals surface area contributed by atoms with Crippen molar-refractivity contribution in [2.24, 2.45) is 7.05 Å². The standard InChI is InChI=1S/C11H18N4O2/c1-14(8-11(17)5-3-4-6-11)10(16)9-7-12-15(2)13-9/h7,17H,3-6,8H2,1-2H3. The minimum atomic E-state index is -0.716. The predicted molar refractivity (Wildman–Crippen MR) is 61.4 cm³/mol. The van der Waals surface area contributed by atoms with Gasteiger partial charge >= 0.3 is 0 Å². The highest BCUT2D eigenvalue weighted by molar-refractivity contribution is 5.91. The van der Waals surface area contributed by atoms with E-state index in [1.807, 2.05) is 0 Å². The van der Waals surface area contributed by atoms with Crippen LogP contribution in [-0.2, 0) is 7.05 Å². The van der Waals surface area contributed by atoms with Crippen LogP contribution in [0.1, 0.15) is 36.2 Å². The maximum absolute atomic E-state index is 12.0. The van der Waals surface area contributed by atoms with Crippen LogP contribution in [0.4, 0.5) is 0 Å². The fourth-order valence-corrected chi connectivity index (χ4v) is 2.34. The molecule has 1 aliphatic rings. The van der Waals surface area contributed by atoms with Gasteiger partial charge in [0, 0.05) is 20.6 Å². The quantitative estimate of drug-likeness (QED) is 0.816. The summed E-state index contributed by atoms with van der Waals surface area (Å²) >= 11 is 0. The van der Waals surface area contributed by atoms with Gasteiger partial charge in [-0.25, -0.2) is 0 Å². The predicted octanol–water partition coefficient (Wildman–Crippen LogP) is 0.192. The van der Waals surface area contributed by atoms with Gasteiger partial charge in [0.25, 0.3) is 5.91 Å². The lowest BCUT2D eigenvalue weighted by Crippen LogP contribution is -2.42. The van der Waals surface area contributed by atoms with Crippen molar-refractivity contribution < 1.29 is 9.90 Å². The first-order valence-electron chi connectivity index (χ1n) is 5.84. The van der Waals surface area contributed by atoms with Gasteiger partial charge in [-0.1, -0.05) is 12.8 Å². The highest BCUT2D eigenvalue weighted by atomic mass is 16.3. The van der Waals surface area contributed by atoms with Crippen molar-refractivity contribution in [2.45, 2.75) is 31.3 Å². The normalized spacial score (nSPS) is 18.3. The summed E-state index contributed by atoms with van der Waals surface area (Å²) in [4.78, 5) is 14.9. The van der Waals surface area contributed by atoms with Gasteiger partial charge in [-0.15, -0.1) is 5.10 Å². The van der Waals surface area contributed by atoms with Crippen molar-refractivity contribution in [1.29, 1.82) is 0 Å². The minimum Gasteiger partial charge on any atom is -0.388 e. The Balaban J connectivity index is 2.00. The van der Waals surface area contributed by atoms with Crippen LogP contribution in [0.15, 0.2) is 6.20 Å². The average molecular weight is 238 g/mol. The molecule has 1 saturated carbocycles. The van der Waals surface area contributed by atoms with E-state index in [1.54, 1.807) is 14.1 Å². The van der Waals surface area contributed by atoms with Crippen molar-refractivity contribution >= 4 is 5.91 Å². The van der Waals surface area contributed by atoms with Crippen LogP contribution in [0, 0.1) is 0 Å². The Morgan fingerprint density at radius 3 is 2.76 bits per heavy atom. The van der Waals surface area contributed by atoms with E-state index in [2.05, 4.69) is 10.2 Å². The number of likely N-dealkylation sites (N-methyl/N-ethyl adjacent to an activating group) is 1. The Labute approximate surface area is 100 Å². The first-order chi connectivity index (χ1) is 8.00. The Bertz CT molecular complexity index is 409. The number of aryl methyl sites for hydroxylation is 1. The van der Waals surface area contributed by atoms with Crippen LogP contribution in [0.5, 0.6) is 0 Å². The molecule has 6 heteroatoms. The SMILES string of the molecule is CN(CC1(O)CCCC1)C(=O)c1cnn(C)n1. The fraction of sp³-hybridized carbons (Fsp3) is 0.727. The molecule has 0 atom stereocenters. The number of amides is 1. The molecule has 1 aromatic heterocycles. The first kappa shape index (κ1) is 12.0. The molecule has 1 N–H and O–H groups in total. The van der Waals surface area contributed by atoms with E-state index < -0.39 is 5.60 Å². The summed E-state index contributed by atoms with van der Waals surface area (Å²) in [6, 6.07) is 0. The molecule has 0 unspecified atom stereocenters. The second kappa shape index (κ2) is 4.44. The lowest BCUT2D eigenvalue weighted by atomic mass is 10.0. The van der Waals surface area contributed by atoms with Gasteiger partial charge in [-0.2, -0.15) is 9.90 Å². The van der Waals surface area contributed by atoms with Crippen molar-refractivity contribution in [3.05, 3.63) is 11.9 Å². The van der Waals surface area contributed by atoms with E-state index in [1.165, 1.54) is 15.9 Å².